The van der Waals surface area contributed by atoms with Crippen LogP contribution in [0.1, 0.15) is 10.4 Å². The molecule has 0 radical (unpaired) electrons. The summed E-state index contributed by atoms with van der Waals surface area (Å²) >= 11 is 1.52. The molecule has 8 heteroatoms. The van der Waals surface area contributed by atoms with Crippen LogP contribution in [-0.4, -0.2) is 32.0 Å². The van der Waals surface area contributed by atoms with Crippen LogP contribution in [0.25, 0.3) is 16.7 Å². The summed E-state index contributed by atoms with van der Waals surface area (Å²) in [5, 5.41) is 28.6. The molecule has 3 aromatic rings. The number of aromatic nitrogens is 4. The van der Waals surface area contributed by atoms with Crippen molar-refractivity contribution in [3.8, 4) is 0 Å². The summed E-state index contributed by atoms with van der Waals surface area (Å²) < 4.78 is 1.37. The van der Waals surface area contributed by atoms with Crippen molar-refractivity contribution in [2.75, 3.05) is 6.26 Å². The summed E-state index contributed by atoms with van der Waals surface area (Å²) in [5.74, 6) is -1.16. The lowest BCUT2D eigenvalue weighted by Gasteiger charge is -2.03. The van der Waals surface area contributed by atoms with Crippen LogP contribution in [0.5, 0.6) is 0 Å². The van der Waals surface area contributed by atoms with Gasteiger partial charge in [0, 0.05) is 16.1 Å². The zero-order valence-electron chi connectivity index (χ0n) is 9.77. The van der Waals surface area contributed by atoms with Crippen molar-refractivity contribution in [2.24, 2.45) is 0 Å². The Kier molecular flexibility index (Phi) is 2.53. The van der Waals surface area contributed by atoms with Crippen molar-refractivity contribution in [2.45, 2.75) is 4.90 Å². The average Bonchev–Trinajstić information content (AvgIpc) is 2.82. The molecular weight excluding hydrogens is 268 g/mol. The van der Waals surface area contributed by atoms with Gasteiger partial charge in [0.2, 0.25) is 5.65 Å². The van der Waals surface area contributed by atoms with Gasteiger partial charge < -0.3 is 10.3 Å². The Morgan fingerprint density at radius 2 is 2.32 bits per heavy atom. The monoisotopic (exact) mass is 276 g/mol. The maximum absolute atomic E-state index is 11.8. The van der Waals surface area contributed by atoms with Crippen molar-refractivity contribution in [3.63, 3.8) is 0 Å². The van der Waals surface area contributed by atoms with Gasteiger partial charge in [0.15, 0.2) is 0 Å². The van der Waals surface area contributed by atoms with E-state index in [9.17, 15) is 10.0 Å². The molecular formula is C11H8N4O3S. The van der Waals surface area contributed by atoms with Gasteiger partial charge in [-0.1, -0.05) is 0 Å². The van der Waals surface area contributed by atoms with Gasteiger partial charge in [0.05, 0.1) is 6.20 Å². The highest BCUT2D eigenvalue weighted by Gasteiger charge is 2.19. The number of carboxylic acids is 1. The summed E-state index contributed by atoms with van der Waals surface area (Å²) in [6.07, 6.45) is 3.10. The van der Waals surface area contributed by atoms with E-state index in [-0.39, 0.29) is 11.2 Å². The number of hydrogen-bond donors (Lipinski definition) is 1. The standard InChI is InChI=1S/C11H8N4O3S/c1-19-6-2-3-8-9(4-6)14-10(13-15(8)18)7(5-12-14)11(16)17/h2-5H,1H3,(H,16,17). The zero-order valence-corrected chi connectivity index (χ0v) is 10.6. The summed E-state index contributed by atoms with van der Waals surface area (Å²) in [5.41, 5.74) is 0.805. The summed E-state index contributed by atoms with van der Waals surface area (Å²) in [6.45, 7) is 0. The van der Waals surface area contributed by atoms with Crippen molar-refractivity contribution < 1.29 is 14.7 Å². The fourth-order valence-corrected chi connectivity index (χ4v) is 2.30. The van der Waals surface area contributed by atoms with Gasteiger partial charge >= 0.3 is 5.97 Å². The van der Waals surface area contributed by atoms with E-state index in [0.717, 1.165) is 4.90 Å². The molecule has 0 saturated carbocycles. The van der Waals surface area contributed by atoms with Crippen LogP contribution >= 0.6 is 11.8 Å². The molecule has 0 amide bonds. The molecule has 0 spiro atoms. The topological polar surface area (TPSA) is 94.4 Å². The Hall–Kier alpha value is -2.35. The molecule has 0 atom stereocenters. The van der Waals surface area contributed by atoms with Gasteiger partial charge in [-0.25, -0.2) is 9.31 Å². The minimum atomic E-state index is -1.16. The Bertz CT molecular complexity index is 814. The number of carboxylic acid groups (broad SMARTS) is 1. The zero-order chi connectivity index (χ0) is 13.6. The van der Waals surface area contributed by atoms with Crippen LogP contribution in [0.2, 0.25) is 0 Å². The molecule has 0 aliphatic heterocycles. The van der Waals surface area contributed by atoms with Crippen molar-refractivity contribution in [1.82, 2.24) is 14.7 Å². The number of aromatic carboxylic acids is 1. The molecule has 0 bridgehead atoms. The van der Waals surface area contributed by atoms with Crippen LogP contribution in [0.4, 0.5) is 0 Å². The molecule has 0 fully saturated rings. The van der Waals surface area contributed by atoms with Gasteiger partial charge in [-0.3, -0.25) is 0 Å². The number of thioether (sulfide) groups is 1. The average molecular weight is 276 g/mol. The predicted molar refractivity (Wildman–Crippen MR) is 68.2 cm³/mol. The van der Waals surface area contributed by atoms with Crippen LogP contribution in [0, 0.1) is 5.21 Å². The normalized spacial score (nSPS) is 11.2. The molecule has 0 aliphatic carbocycles. The summed E-state index contributed by atoms with van der Waals surface area (Å²) in [6, 6.07) is 5.22. The Balaban J connectivity index is 2.47. The first-order chi connectivity index (χ1) is 9.11. The highest BCUT2D eigenvalue weighted by atomic mass is 32.2. The van der Waals surface area contributed by atoms with E-state index in [1.54, 1.807) is 18.2 Å². The molecule has 2 heterocycles. The van der Waals surface area contributed by atoms with E-state index in [4.69, 9.17) is 5.11 Å². The van der Waals surface area contributed by atoms with Gasteiger partial charge in [-0.15, -0.1) is 11.8 Å². The molecule has 19 heavy (non-hydrogen) atoms. The second-order valence-electron chi connectivity index (χ2n) is 3.83. The number of hydrogen-bond acceptors (Lipinski definition) is 5. The molecule has 0 unspecified atom stereocenters. The molecule has 2 aromatic heterocycles. The predicted octanol–water partition coefficient (Wildman–Crippen LogP) is 0.936. The minimum absolute atomic E-state index is 0.0354. The molecule has 1 aromatic carbocycles. The first kappa shape index (κ1) is 11.7. The summed E-state index contributed by atoms with van der Waals surface area (Å²) in [7, 11) is 0. The Morgan fingerprint density at radius 3 is 3.00 bits per heavy atom. The highest BCUT2D eigenvalue weighted by molar-refractivity contribution is 7.98. The van der Waals surface area contributed by atoms with E-state index in [1.165, 1.54) is 22.5 Å². The minimum Gasteiger partial charge on any atom is -0.594 e. The van der Waals surface area contributed by atoms with E-state index in [1.807, 2.05) is 6.26 Å². The molecule has 1 N–H and O–H groups in total. The SMILES string of the molecule is CSc1ccc2c(c1)n1ncc(C(=O)O)c1n[n+]2[O-]. The lowest BCUT2D eigenvalue weighted by molar-refractivity contribution is -0.640. The number of nitrogens with zero attached hydrogens (tertiary/aromatic N) is 4. The maximum Gasteiger partial charge on any atom is 0.341 e. The van der Waals surface area contributed by atoms with Crippen LogP contribution < -0.4 is 4.85 Å². The van der Waals surface area contributed by atoms with Crippen molar-refractivity contribution >= 4 is 34.4 Å². The fraction of sp³-hybridized carbons (Fsp3) is 0.0909. The lowest BCUT2D eigenvalue weighted by Crippen LogP contribution is -2.33. The van der Waals surface area contributed by atoms with Crippen LogP contribution in [-0.2, 0) is 0 Å². The van der Waals surface area contributed by atoms with Gasteiger partial charge in [0.1, 0.15) is 11.1 Å². The Morgan fingerprint density at radius 1 is 1.53 bits per heavy atom. The molecule has 3 rings (SSSR count). The molecule has 0 saturated heterocycles. The third-order valence-corrected chi connectivity index (χ3v) is 3.50. The Labute approximate surface area is 111 Å². The fourth-order valence-electron chi connectivity index (χ4n) is 1.87. The second kappa shape index (κ2) is 4.09. The number of benzene rings is 1. The van der Waals surface area contributed by atoms with E-state index >= 15 is 0 Å². The second-order valence-corrected chi connectivity index (χ2v) is 4.71. The number of fused-ring (bicyclic) bond motifs is 3. The summed E-state index contributed by atoms with van der Waals surface area (Å²) in [4.78, 5) is 12.4. The molecule has 0 aliphatic rings. The van der Waals surface area contributed by atoms with E-state index in [2.05, 4.69) is 10.2 Å². The first-order valence-electron chi connectivity index (χ1n) is 5.30. The van der Waals surface area contributed by atoms with Gasteiger partial charge in [-0.05, 0) is 23.2 Å². The number of rotatable bonds is 2. The van der Waals surface area contributed by atoms with Gasteiger partial charge in [0.25, 0.3) is 5.52 Å². The third kappa shape index (κ3) is 1.68. The van der Waals surface area contributed by atoms with Gasteiger partial charge in [-0.2, -0.15) is 5.10 Å². The molecule has 96 valence electrons. The largest absolute Gasteiger partial charge is 0.594 e. The van der Waals surface area contributed by atoms with Crippen molar-refractivity contribution in [1.29, 1.82) is 0 Å². The first-order valence-corrected chi connectivity index (χ1v) is 6.53. The maximum atomic E-state index is 11.8. The quantitative estimate of drug-likeness (QED) is 0.425. The molecule has 7 nitrogen and oxygen atoms in total. The highest BCUT2D eigenvalue weighted by Crippen LogP contribution is 2.21. The van der Waals surface area contributed by atoms with Crippen molar-refractivity contribution in [3.05, 3.63) is 35.2 Å². The van der Waals surface area contributed by atoms with E-state index < -0.39 is 5.97 Å². The third-order valence-electron chi connectivity index (χ3n) is 2.78. The van der Waals surface area contributed by atoms with Crippen LogP contribution in [0.3, 0.4) is 0 Å². The number of carbonyl (C=O) groups is 1. The van der Waals surface area contributed by atoms with Crippen LogP contribution in [0.15, 0.2) is 29.3 Å². The smallest absolute Gasteiger partial charge is 0.341 e. The lowest BCUT2D eigenvalue weighted by atomic mass is 10.3. The van der Waals surface area contributed by atoms with E-state index in [0.29, 0.717) is 15.9 Å².